The Morgan fingerprint density at radius 2 is 1.23 bits per heavy atom. The molecule has 30 heavy (non-hydrogen) atoms. The Hall–Kier alpha value is -2.46. The number of carbonyl (C=O) groups is 1. The van der Waals surface area contributed by atoms with Crippen molar-refractivity contribution in [3.05, 3.63) is 108 Å². The van der Waals surface area contributed by atoms with Crippen LogP contribution in [-0.4, -0.2) is 34.5 Å². The van der Waals surface area contributed by atoms with E-state index in [0.29, 0.717) is 18.4 Å². The van der Waals surface area contributed by atoms with Gasteiger partial charge in [0.25, 0.3) is 0 Å². The van der Waals surface area contributed by atoms with Crippen LogP contribution >= 0.6 is 12.4 Å². The zero-order chi connectivity index (χ0) is 20.1. The fourth-order valence-corrected chi connectivity index (χ4v) is 4.28. The minimum atomic E-state index is -0.929. The molecule has 1 fully saturated rings. The monoisotopic (exact) mass is 421 g/mol. The summed E-state index contributed by atoms with van der Waals surface area (Å²) in [6.45, 7) is 1.51. The van der Waals surface area contributed by atoms with Gasteiger partial charge in [-0.2, -0.15) is 0 Å². The molecule has 3 aromatic carbocycles. The van der Waals surface area contributed by atoms with Gasteiger partial charge in [-0.1, -0.05) is 91.0 Å². The second kappa shape index (κ2) is 10.0. The van der Waals surface area contributed by atoms with E-state index in [-0.39, 0.29) is 30.7 Å². The van der Waals surface area contributed by atoms with Crippen LogP contribution in [0.5, 0.6) is 0 Å². The zero-order valence-corrected chi connectivity index (χ0v) is 17.8. The predicted molar refractivity (Wildman–Crippen MR) is 123 cm³/mol. The number of carbonyl (C=O) groups excluding carboxylic acids is 1. The number of hydrogen-bond donors (Lipinski definition) is 1. The summed E-state index contributed by atoms with van der Waals surface area (Å²) in [7, 11) is 0. The number of ketones is 1. The van der Waals surface area contributed by atoms with Crippen LogP contribution in [0, 0.1) is 0 Å². The highest BCUT2D eigenvalue weighted by Crippen LogP contribution is 2.35. The van der Waals surface area contributed by atoms with E-state index >= 15 is 0 Å². The smallest absolute Gasteiger partial charge is 0.165 e. The predicted octanol–water partition coefficient (Wildman–Crippen LogP) is 5.30. The van der Waals surface area contributed by atoms with Crippen molar-refractivity contribution in [2.24, 2.45) is 0 Å². The molecular formula is C26H28ClNO2. The molecule has 1 aliphatic heterocycles. The number of halogens is 1. The van der Waals surface area contributed by atoms with Gasteiger partial charge >= 0.3 is 0 Å². The molecule has 3 nitrogen and oxygen atoms in total. The van der Waals surface area contributed by atoms with Crippen LogP contribution < -0.4 is 0 Å². The Kier molecular flexibility index (Phi) is 7.43. The number of benzene rings is 3. The third-order valence-corrected chi connectivity index (χ3v) is 5.91. The van der Waals surface area contributed by atoms with Gasteiger partial charge in [0, 0.05) is 25.1 Å². The van der Waals surface area contributed by atoms with Gasteiger partial charge in [-0.3, -0.25) is 9.69 Å². The quantitative estimate of drug-likeness (QED) is 0.549. The first kappa shape index (κ1) is 22.2. The first-order valence-electron chi connectivity index (χ1n) is 10.3. The second-order valence-electron chi connectivity index (χ2n) is 7.95. The summed E-state index contributed by atoms with van der Waals surface area (Å²) in [6, 6.07) is 30.5. The molecule has 3 aromatic rings. The molecular weight excluding hydrogens is 394 g/mol. The Balaban J connectivity index is 0.00000256. The molecule has 0 bridgehead atoms. The summed E-state index contributed by atoms with van der Waals surface area (Å²) in [4.78, 5) is 15.0. The molecule has 1 aliphatic rings. The van der Waals surface area contributed by atoms with Crippen molar-refractivity contribution in [2.75, 3.05) is 13.1 Å². The topological polar surface area (TPSA) is 40.5 Å². The summed E-state index contributed by atoms with van der Waals surface area (Å²) in [5.74, 6) is 0.0178. The summed E-state index contributed by atoms with van der Waals surface area (Å²) >= 11 is 0. The van der Waals surface area contributed by atoms with Crippen molar-refractivity contribution in [1.82, 2.24) is 4.90 Å². The van der Waals surface area contributed by atoms with E-state index in [1.807, 2.05) is 42.5 Å². The summed E-state index contributed by atoms with van der Waals surface area (Å²) < 4.78 is 0. The molecule has 0 amide bonds. The maximum Gasteiger partial charge on any atom is 0.165 e. The minimum Gasteiger partial charge on any atom is -0.389 e. The molecule has 1 N–H and O–H groups in total. The molecule has 0 saturated carbocycles. The number of nitrogens with zero attached hydrogens (tertiary/aromatic N) is 1. The molecule has 1 heterocycles. The minimum absolute atomic E-state index is 0. The maximum atomic E-state index is 12.6. The number of hydrogen-bond acceptors (Lipinski definition) is 3. The molecule has 0 spiro atoms. The Bertz CT molecular complexity index is 884. The lowest BCUT2D eigenvalue weighted by Gasteiger charge is -2.42. The fraction of sp³-hybridized carbons (Fsp3) is 0.269. The molecule has 1 saturated heterocycles. The number of rotatable bonds is 6. The van der Waals surface area contributed by atoms with Crippen molar-refractivity contribution in [3.63, 3.8) is 0 Å². The van der Waals surface area contributed by atoms with Gasteiger partial charge < -0.3 is 5.11 Å². The van der Waals surface area contributed by atoms with Crippen LogP contribution in [-0.2, 0) is 0 Å². The first-order chi connectivity index (χ1) is 14.1. The normalized spacial score (nSPS) is 16.1. The lowest BCUT2D eigenvalue weighted by molar-refractivity contribution is -0.0285. The Labute approximate surface area is 184 Å². The number of likely N-dealkylation sites (tertiary alicyclic amines) is 1. The van der Waals surface area contributed by atoms with E-state index < -0.39 is 5.60 Å². The number of Topliss-reactive ketones (excluding diaryl/α,β-unsaturated/α-hetero) is 1. The third-order valence-electron chi connectivity index (χ3n) is 5.91. The average molecular weight is 422 g/mol. The van der Waals surface area contributed by atoms with Gasteiger partial charge in [0.15, 0.2) is 5.78 Å². The highest BCUT2D eigenvalue weighted by Gasteiger charge is 2.37. The standard InChI is InChI=1S/C26H27NO2.ClH/c28-24(21-10-4-1-5-11-21)20-26(29)16-18-27(19-17-26)25(22-12-6-2-7-13-22)23-14-8-3-9-15-23;/h1-15,25,29H,16-20H2;1H. The van der Waals surface area contributed by atoms with Crippen molar-refractivity contribution in [1.29, 1.82) is 0 Å². The van der Waals surface area contributed by atoms with E-state index in [2.05, 4.69) is 53.4 Å². The van der Waals surface area contributed by atoms with Crippen LogP contribution in [0.4, 0.5) is 0 Å². The molecule has 4 heteroatoms. The largest absolute Gasteiger partial charge is 0.389 e. The maximum absolute atomic E-state index is 12.6. The molecule has 0 aliphatic carbocycles. The third kappa shape index (κ3) is 5.17. The van der Waals surface area contributed by atoms with E-state index in [9.17, 15) is 9.90 Å². The van der Waals surface area contributed by atoms with Gasteiger partial charge in [0.05, 0.1) is 11.6 Å². The van der Waals surface area contributed by atoms with Crippen molar-refractivity contribution in [3.8, 4) is 0 Å². The van der Waals surface area contributed by atoms with Gasteiger partial charge in [-0.25, -0.2) is 0 Å². The molecule has 4 rings (SSSR count). The van der Waals surface area contributed by atoms with Crippen LogP contribution in [0.25, 0.3) is 0 Å². The number of piperidine rings is 1. The number of aliphatic hydroxyl groups is 1. The van der Waals surface area contributed by atoms with Crippen molar-refractivity contribution >= 4 is 18.2 Å². The second-order valence-corrected chi connectivity index (χ2v) is 7.95. The van der Waals surface area contributed by atoms with Gasteiger partial charge in [-0.15, -0.1) is 12.4 Å². The first-order valence-corrected chi connectivity index (χ1v) is 10.3. The average Bonchev–Trinajstić information content (AvgIpc) is 2.77. The highest BCUT2D eigenvalue weighted by molar-refractivity contribution is 5.96. The summed E-state index contributed by atoms with van der Waals surface area (Å²) in [5, 5.41) is 11.1. The van der Waals surface area contributed by atoms with Gasteiger partial charge in [0.2, 0.25) is 0 Å². The van der Waals surface area contributed by atoms with Crippen LogP contribution in [0.1, 0.15) is 46.8 Å². The molecule has 0 atom stereocenters. The molecule has 156 valence electrons. The summed E-state index contributed by atoms with van der Waals surface area (Å²) in [6.07, 6.45) is 1.38. The highest BCUT2D eigenvalue weighted by atomic mass is 35.5. The zero-order valence-electron chi connectivity index (χ0n) is 17.0. The molecule has 0 unspecified atom stereocenters. The van der Waals surface area contributed by atoms with E-state index in [0.717, 1.165) is 13.1 Å². The Morgan fingerprint density at radius 3 is 1.70 bits per heavy atom. The Morgan fingerprint density at radius 1 is 0.800 bits per heavy atom. The van der Waals surface area contributed by atoms with Crippen molar-refractivity contribution in [2.45, 2.75) is 30.9 Å². The fourth-order valence-electron chi connectivity index (χ4n) is 4.28. The molecule has 0 radical (unpaired) electrons. The van der Waals surface area contributed by atoms with Gasteiger partial charge in [-0.05, 0) is 24.0 Å². The van der Waals surface area contributed by atoms with E-state index in [4.69, 9.17) is 0 Å². The van der Waals surface area contributed by atoms with E-state index in [1.54, 1.807) is 0 Å². The van der Waals surface area contributed by atoms with E-state index in [1.165, 1.54) is 11.1 Å². The van der Waals surface area contributed by atoms with Gasteiger partial charge in [0.1, 0.15) is 0 Å². The van der Waals surface area contributed by atoms with Crippen molar-refractivity contribution < 1.29 is 9.90 Å². The SMILES string of the molecule is Cl.O=C(CC1(O)CCN(C(c2ccccc2)c2ccccc2)CC1)c1ccccc1. The van der Waals surface area contributed by atoms with Crippen LogP contribution in [0.3, 0.4) is 0 Å². The van der Waals surface area contributed by atoms with Crippen LogP contribution in [0.15, 0.2) is 91.0 Å². The lowest BCUT2D eigenvalue weighted by Crippen LogP contribution is -2.46. The lowest BCUT2D eigenvalue weighted by atomic mass is 9.83. The molecule has 0 aromatic heterocycles. The summed E-state index contributed by atoms with van der Waals surface area (Å²) in [5.41, 5.74) is 2.25. The van der Waals surface area contributed by atoms with Crippen LogP contribution in [0.2, 0.25) is 0 Å².